The summed E-state index contributed by atoms with van der Waals surface area (Å²) in [5.41, 5.74) is 1.15. The molecule has 2 heterocycles. The van der Waals surface area contributed by atoms with Crippen molar-refractivity contribution in [2.75, 3.05) is 31.1 Å². The number of piperazine rings is 1. The van der Waals surface area contributed by atoms with E-state index in [1.54, 1.807) is 0 Å². The SMILES string of the molecule is CCC(=O)N1CCN(c2nc(Cc3ccc(Cl)cc3)ns2)CC1. The molecule has 1 amide bonds. The van der Waals surface area contributed by atoms with E-state index in [0.29, 0.717) is 12.8 Å². The number of hydrogen-bond donors (Lipinski definition) is 0. The van der Waals surface area contributed by atoms with Crippen LogP contribution in [0.1, 0.15) is 24.7 Å². The molecule has 1 aromatic heterocycles. The second-order valence-electron chi connectivity index (χ2n) is 5.52. The van der Waals surface area contributed by atoms with Crippen molar-refractivity contribution < 1.29 is 4.79 Å². The van der Waals surface area contributed by atoms with Crippen molar-refractivity contribution in [2.24, 2.45) is 0 Å². The predicted octanol–water partition coefficient (Wildman–Crippen LogP) is 2.84. The molecule has 23 heavy (non-hydrogen) atoms. The first-order valence-corrected chi connectivity index (χ1v) is 8.90. The molecular formula is C16H19ClN4OS. The van der Waals surface area contributed by atoms with Gasteiger partial charge in [0.2, 0.25) is 11.0 Å². The lowest BCUT2D eigenvalue weighted by molar-refractivity contribution is -0.131. The molecule has 1 aliphatic rings. The molecule has 122 valence electrons. The van der Waals surface area contributed by atoms with E-state index in [0.717, 1.165) is 47.7 Å². The Balaban J connectivity index is 1.59. The summed E-state index contributed by atoms with van der Waals surface area (Å²) in [4.78, 5) is 20.5. The molecule has 0 radical (unpaired) electrons. The van der Waals surface area contributed by atoms with Gasteiger partial charge in [0.05, 0.1) is 0 Å². The van der Waals surface area contributed by atoms with E-state index in [2.05, 4.69) is 14.3 Å². The van der Waals surface area contributed by atoms with Gasteiger partial charge in [-0.05, 0) is 17.7 Å². The Bertz CT molecular complexity index is 665. The molecular weight excluding hydrogens is 332 g/mol. The molecule has 3 rings (SSSR count). The van der Waals surface area contributed by atoms with E-state index in [-0.39, 0.29) is 5.91 Å². The molecule has 0 N–H and O–H groups in total. The highest BCUT2D eigenvalue weighted by molar-refractivity contribution is 7.09. The van der Waals surface area contributed by atoms with Gasteiger partial charge in [-0.3, -0.25) is 4.79 Å². The number of amides is 1. The lowest BCUT2D eigenvalue weighted by Crippen LogP contribution is -2.48. The van der Waals surface area contributed by atoms with Gasteiger partial charge in [0.15, 0.2) is 0 Å². The zero-order valence-corrected chi connectivity index (χ0v) is 14.6. The van der Waals surface area contributed by atoms with Crippen LogP contribution in [0, 0.1) is 0 Å². The van der Waals surface area contributed by atoms with Crippen LogP contribution in [0.4, 0.5) is 5.13 Å². The van der Waals surface area contributed by atoms with Gasteiger partial charge in [-0.1, -0.05) is 30.7 Å². The Morgan fingerprint density at radius 1 is 1.22 bits per heavy atom. The number of aromatic nitrogens is 2. The van der Waals surface area contributed by atoms with Gasteiger partial charge >= 0.3 is 0 Å². The Hall–Kier alpha value is -1.66. The molecule has 1 fully saturated rings. The van der Waals surface area contributed by atoms with Crippen molar-refractivity contribution in [1.82, 2.24) is 14.3 Å². The van der Waals surface area contributed by atoms with Gasteiger partial charge < -0.3 is 9.80 Å². The minimum Gasteiger partial charge on any atom is -0.343 e. The predicted molar refractivity (Wildman–Crippen MR) is 93.3 cm³/mol. The summed E-state index contributed by atoms with van der Waals surface area (Å²) in [6.07, 6.45) is 1.28. The number of carbonyl (C=O) groups is 1. The lowest BCUT2D eigenvalue weighted by Gasteiger charge is -2.34. The zero-order valence-electron chi connectivity index (χ0n) is 13.0. The maximum atomic E-state index is 11.7. The van der Waals surface area contributed by atoms with E-state index in [1.165, 1.54) is 11.5 Å². The van der Waals surface area contributed by atoms with Gasteiger partial charge in [-0.2, -0.15) is 4.37 Å². The lowest BCUT2D eigenvalue weighted by atomic mass is 10.1. The number of anilines is 1. The van der Waals surface area contributed by atoms with Crippen LogP contribution in [0.3, 0.4) is 0 Å². The third-order valence-electron chi connectivity index (χ3n) is 3.94. The fraction of sp³-hybridized carbons (Fsp3) is 0.438. The molecule has 0 saturated carbocycles. The normalized spacial score (nSPS) is 15.0. The van der Waals surface area contributed by atoms with Gasteiger partial charge in [0.1, 0.15) is 5.82 Å². The highest BCUT2D eigenvalue weighted by Gasteiger charge is 2.22. The first kappa shape index (κ1) is 16.2. The van der Waals surface area contributed by atoms with Gasteiger partial charge in [0.25, 0.3) is 0 Å². The molecule has 0 spiro atoms. The second kappa shape index (κ2) is 7.27. The minimum atomic E-state index is 0.227. The monoisotopic (exact) mass is 350 g/mol. The molecule has 0 bridgehead atoms. The number of benzene rings is 1. The number of nitrogens with zero attached hydrogens (tertiary/aromatic N) is 4. The first-order chi connectivity index (χ1) is 11.2. The maximum Gasteiger partial charge on any atom is 0.222 e. The highest BCUT2D eigenvalue weighted by atomic mass is 35.5. The van der Waals surface area contributed by atoms with Crippen molar-refractivity contribution in [3.05, 3.63) is 40.7 Å². The van der Waals surface area contributed by atoms with Crippen LogP contribution in [-0.4, -0.2) is 46.3 Å². The first-order valence-electron chi connectivity index (χ1n) is 7.75. The molecule has 7 heteroatoms. The largest absolute Gasteiger partial charge is 0.343 e. The average Bonchev–Trinajstić information content (AvgIpc) is 3.05. The molecule has 0 atom stereocenters. The van der Waals surface area contributed by atoms with Crippen molar-refractivity contribution in [3.8, 4) is 0 Å². The van der Waals surface area contributed by atoms with Crippen LogP contribution in [0.5, 0.6) is 0 Å². The summed E-state index contributed by atoms with van der Waals surface area (Å²) in [5.74, 6) is 1.06. The van der Waals surface area contributed by atoms with E-state index in [9.17, 15) is 4.79 Å². The smallest absolute Gasteiger partial charge is 0.222 e. The summed E-state index contributed by atoms with van der Waals surface area (Å²) in [5, 5.41) is 1.68. The summed E-state index contributed by atoms with van der Waals surface area (Å²) in [6.45, 7) is 5.07. The Labute approximate surface area is 145 Å². The van der Waals surface area contributed by atoms with Crippen molar-refractivity contribution in [2.45, 2.75) is 19.8 Å². The zero-order chi connectivity index (χ0) is 16.2. The molecule has 1 aromatic carbocycles. The number of rotatable bonds is 4. The Morgan fingerprint density at radius 3 is 2.57 bits per heavy atom. The van der Waals surface area contributed by atoms with Gasteiger partial charge in [0, 0.05) is 55.6 Å². The van der Waals surface area contributed by atoms with Crippen molar-refractivity contribution >= 4 is 34.2 Å². The summed E-state index contributed by atoms with van der Waals surface area (Å²) in [6, 6.07) is 7.76. The Morgan fingerprint density at radius 2 is 1.91 bits per heavy atom. The number of halogens is 1. The minimum absolute atomic E-state index is 0.227. The third-order valence-corrected chi connectivity index (χ3v) is 5.01. The topological polar surface area (TPSA) is 49.3 Å². The summed E-state index contributed by atoms with van der Waals surface area (Å²) < 4.78 is 4.45. The molecule has 0 aliphatic carbocycles. The molecule has 0 unspecified atom stereocenters. The van der Waals surface area contributed by atoms with Gasteiger partial charge in [-0.25, -0.2) is 4.98 Å². The van der Waals surface area contributed by atoms with Crippen molar-refractivity contribution in [1.29, 1.82) is 0 Å². The molecule has 5 nitrogen and oxygen atoms in total. The van der Waals surface area contributed by atoms with E-state index in [4.69, 9.17) is 11.6 Å². The fourth-order valence-corrected chi connectivity index (χ4v) is 3.46. The van der Waals surface area contributed by atoms with Crippen LogP contribution in [0.2, 0.25) is 5.02 Å². The van der Waals surface area contributed by atoms with Crippen LogP contribution in [0.15, 0.2) is 24.3 Å². The van der Waals surface area contributed by atoms with Gasteiger partial charge in [-0.15, -0.1) is 0 Å². The van der Waals surface area contributed by atoms with Crippen molar-refractivity contribution in [3.63, 3.8) is 0 Å². The summed E-state index contributed by atoms with van der Waals surface area (Å²) >= 11 is 7.33. The summed E-state index contributed by atoms with van der Waals surface area (Å²) in [7, 11) is 0. The number of hydrogen-bond acceptors (Lipinski definition) is 5. The average molecular weight is 351 g/mol. The maximum absolute atomic E-state index is 11.7. The van der Waals surface area contributed by atoms with Crippen LogP contribution in [-0.2, 0) is 11.2 Å². The second-order valence-corrected chi connectivity index (χ2v) is 6.68. The quantitative estimate of drug-likeness (QED) is 0.850. The molecule has 1 aliphatic heterocycles. The fourth-order valence-electron chi connectivity index (χ4n) is 2.60. The number of carbonyl (C=O) groups excluding carboxylic acids is 1. The van der Waals surface area contributed by atoms with E-state index < -0.39 is 0 Å². The molecule has 2 aromatic rings. The third kappa shape index (κ3) is 4.00. The Kier molecular flexibility index (Phi) is 5.13. The van der Waals surface area contributed by atoms with Crippen LogP contribution in [0.25, 0.3) is 0 Å². The standard InChI is InChI=1S/C16H19ClN4OS/c1-2-15(22)20-7-9-21(10-8-20)16-18-14(19-23-16)11-12-3-5-13(17)6-4-12/h3-6H,2,7-11H2,1H3. The highest BCUT2D eigenvalue weighted by Crippen LogP contribution is 2.21. The van der Waals surface area contributed by atoms with Crippen LogP contribution < -0.4 is 4.90 Å². The van der Waals surface area contributed by atoms with E-state index in [1.807, 2.05) is 36.1 Å². The molecule has 1 saturated heterocycles. The van der Waals surface area contributed by atoms with Crippen LogP contribution >= 0.6 is 23.1 Å². The van der Waals surface area contributed by atoms with E-state index >= 15 is 0 Å².